The van der Waals surface area contributed by atoms with Crippen molar-refractivity contribution in [3.05, 3.63) is 71.0 Å². The van der Waals surface area contributed by atoms with E-state index in [2.05, 4.69) is 0 Å². The molecule has 2 aliphatic rings. The molecule has 0 aromatic heterocycles. The summed E-state index contributed by atoms with van der Waals surface area (Å²) >= 11 is 0. The van der Waals surface area contributed by atoms with E-state index in [-0.39, 0.29) is 37.1 Å². The Balaban J connectivity index is 1.50. The molecule has 2 saturated heterocycles. The minimum atomic E-state index is -4.85. The minimum absolute atomic E-state index is 0.0189. The number of nitrogens with zero attached hydrogens (tertiary/aromatic N) is 1. The largest absolute Gasteiger partial charge is 0.445 e. The lowest BCUT2D eigenvalue weighted by Gasteiger charge is -2.43. The van der Waals surface area contributed by atoms with Gasteiger partial charge in [0.1, 0.15) is 12.4 Å². The highest BCUT2D eigenvalue weighted by Gasteiger charge is 2.51. The Morgan fingerprint density at radius 3 is 2.33 bits per heavy atom. The first kappa shape index (κ1) is 20.7. The summed E-state index contributed by atoms with van der Waals surface area (Å²) in [5.74, 6) is -1.38. The number of piperidine rings is 1. The topological polar surface area (TPSA) is 49.8 Å². The third-order valence-electron chi connectivity index (χ3n) is 5.99. The first-order valence-electron chi connectivity index (χ1n) is 9.76. The number of halogens is 4. The molecule has 4 rings (SSSR count). The van der Waals surface area contributed by atoms with Gasteiger partial charge < -0.3 is 14.7 Å². The first-order chi connectivity index (χ1) is 14.2. The van der Waals surface area contributed by atoms with E-state index in [1.807, 2.05) is 30.3 Å². The summed E-state index contributed by atoms with van der Waals surface area (Å²) in [6.45, 7) is 0.118. The van der Waals surface area contributed by atoms with E-state index < -0.39 is 29.3 Å². The standard InChI is InChI=1S/C22H21F4NO3/c23-19-9-6-15(10-18(19)22(24,25)26)21(29)11-16-7-8-17(12-21)27(16)20(28)30-13-14-4-2-1-3-5-14/h1-6,9-10,16-17,29H,7-8,11-13H2. The van der Waals surface area contributed by atoms with Crippen molar-refractivity contribution in [1.82, 2.24) is 4.90 Å². The highest BCUT2D eigenvalue weighted by Crippen LogP contribution is 2.47. The molecule has 8 heteroatoms. The van der Waals surface area contributed by atoms with Crippen molar-refractivity contribution in [3.63, 3.8) is 0 Å². The molecule has 2 aliphatic heterocycles. The third kappa shape index (κ3) is 3.88. The van der Waals surface area contributed by atoms with Crippen LogP contribution in [0.25, 0.3) is 0 Å². The molecule has 0 spiro atoms. The summed E-state index contributed by atoms with van der Waals surface area (Å²) in [6.07, 6.45) is -3.94. The number of carbonyl (C=O) groups excluding carboxylic acids is 1. The number of rotatable bonds is 3. The molecule has 0 radical (unpaired) electrons. The summed E-state index contributed by atoms with van der Waals surface area (Å²) in [5.41, 5.74) is -2.09. The van der Waals surface area contributed by atoms with Gasteiger partial charge in [0.25, 0.3) is 0 Å². The Labute approximate surface area is 171 Å². The van der Waals surface area contributed by atoms with E-state index in [0.29, 0.717) is 18.9 Å². The van der Waals surface area contributed by atoms with Gasteiger partial charge in [-0.15, -0.1) is 0 Å². The smallest absolute Gasteiger partial charge is 0.419 e. The molecule has 2 atom stereocenters. The van der Waals surface area contributed by atoms with Gasteiger partial charge in [0.15, 0.2) is 0 Å². The van der Waals surface area contributed by atoms with E-state index in [0.717, 1.165) is 11.6 Å². The van der Waals surface area contributed by atoms with Crippen molar-refractivity contribution in [2.75, 3.05) is 0 Å². The van der Waals surface area contributed by atoms with Crippen molar-refractivity contribution < 1.29 is 32.2 Å². The van der Waals surface area contributed by atoms with Crippen LogP contribution in [0.3, 0.4) is 0 Å². The Kier molecular flexibility index (Phi) is 5.22. The third-order valence-corrected chi connectivity index (χ3v) is 5.99. The van der Waals surface area contributed by atoms with Crippen LogP contribution in [-0.4, -0.2) is 28.2 Å². The van der Waals surface area contributed by atoms with E-state index in [4.69, 9.17) is 4.74 Å². The molecule has 0 aliphatic carbocycles. The number of carbonyl (C=O) groups is 1. The molecule has 4 nitrogen and oxygen atoms in total. The minimum Gasteiger partial charge on any atom is -0.445 e. The van der Waals surface area contributed by atoms with Crippen LogP contribution in [0.5, 0.6) is 0 Å². The number of benzene rings is 2. The van der Waals surface area contributed by atoms with Crippen LogP contribution in [0.4, 0.5) is 22.4 Å². The van der Waals surface area contributed by atoms with Gasteiger partial charge in [-0.3, -0.25) is 0 Å². The summed E-state index contributed by atoms with van der Waals surface area (Å²) < 4.78 is 58.3. The highest BCUT2D eigenvalue weighted by molar-refractivity contribution is 5.69. The molecule has 0 saturated carbocycles. The molecular formula is C22H21F4NO3. The maximum absolute atomic E-state index is 13.6. The lowest BCUT2D eigenvalue weighted by atomic mass is 9.80. The van der Waals surface area contributed by atoms with Gasteiger partial charge in [0.2, 0.25) is 0 Å². The summed E-state index contributed by atoms with van der Waals surface area (Å²) in [7, 11) is 0. The molecule has 2 aromatic rings. The molecule has 1 N–H and O–H groups in total. The lowest BCUT2D eigenvalue weighted by molar-refractivity contribution is -0.140. The quantitative estimate of drug-likeness (QED) is 0.708. The Bertz CT molecular complexity index is 918. The van der Waals surface area contributed by atoms with E-state index >= 15 is 0 Å². The Morgan fingerprint density at radius 2 is 1.73 bits per heavy atom. The molecule has 2 heterocycles. The van der Waals surface area contributed by atoms with Crippen LogP contribution in [0.15, 0.2) is 48.5 Å². The van der Waals surface area contributed by atoms with Gasteiger partial charge in [0, 0.05) is 24.9 Å². The van der Waals surface area contributed by atoms with Crippen molar-refractivity contribution in [2.24, 2.45) is 0 Å². The van der Waals surface area contributed by atoms with Crippen LogP contribution in [0.2, 0.25) is 0 Å². The molecule has 30 heavy (non-hydrogen) atoms. The number of alkyl halides is 3. The number of hydrogen-bond acceptors (Lipinski definition) is 3. The fourth-order valence-electron chi connectivity index (χ4n) is 4.58. The number of aliphatic hydroxyl groups is 1. The molecule has 2 fully saturated rings. The molecule has 2 bridgehead atoms. The molecule has 160 valence electrons. The molecule has 2 aromatic carbocycles. The Morgan fingerprint density at radius 1 is 1.10 bits per heavy atom. The maximum Gasteiger partial charge on any atom is 0.419 e. The second-order valence-corrected chi connectivity index (χ2v) is 7.96. The molecular weight excluding hydrogens is 402 g/mol. The van der Waals surface area contributed by atoms with Crippen LogP contribution in [0, 0.1) is 5.82 Å². The molecule has 2 unspecified atom stereocenters. The zero-order valence-electron chi connectivity index (χ0n) is 16.0. The van der Waals surface area contributed by atoms with Gasteiger partial charge in [0.05, 0.1) is 11.2 Å². The van der Waals surface area contributed by atoms with Crippen LogP contribution >= 0.6 is 0 Å². The molecule has 1 amide bonds. The van der Waals surface area contributed by atoms with Crippen molar-refractivity contribution in [3.8, 4) is 0 Å². The number of hydrogen-bond donors (Lipinski definition) is 1. The second-order valence-electron chi connectivity index (χ2n) is 7.96. The first-order valence-corrected chi connectivity index (χ1v) is 9.76. The SMILES string of the molecule is O=C(OCc1ccccc1)N1C2CCC1CC(O)(c1ccc(F)c(C(F)(F)F)c1)C2. The Hall–Kier alpha value is -2.61. The van der Waals surface area contributed by atoms with Crippen molar-refractivity contribution in [1.29, 1.82) is 0 Å². The van der Waals surface area contributed by atoms with E-state index in [1.165, 1.54) is 6.07 Å². The summed E-state index contributed by atoms with van der Waals surface area (Å²) in [5, 5.41) is 11.1. The van der Waals surface area contributed by atoms with Gasteiger partial charge in [-0.25, -0.2) is 9.18 Å². The fourth-order valence-corrected chi connectivity index (χ4v) is 4.58. The number of ether oxygens (including phenoxy) is 1. The fraction of sp³-hybridized carbons (Fsp3) is 0.409. The summed E-state index contributed by atoms with van der Waals surface area (Å²) in [4.78, 5) is 14.2. The van der Waals surface area contributed by atoms with Gasteiger partial charge in [-0.2, -0.15) is 13.2 Å². The number of fused-ring (bicyclic) bond motifs is 2. The van der Waals surface area contributed by atoms with Gasteiger partial charge in [-0.1, -0.05) is 36.4 Å². The summed E-state index contributed by atoms with van der Waals surface area (Å²) in [6, 6.07) is 11.1. The number of amides is 1. The predicted octanol–water partition coefficient (Wildman–Crippen LogP) is 5.00. The highest BCUT2D eigenvalue weighted by atomic mass is 19.4. The van der Waals surface area contributed by atoms with E-state index in [9.17, 15) is 27.5 Å². The van der Waals surface area contributed by atoms with Gasteiger partial charge >= 0.3 is 12.3 Å². The maximum atomic E-state index is 13.6. The lowest BCUT2D eigenvalue weighted by Crippen LogP contribution is -2.52. The zero-order valence-corrected chi connectivity index (χ0v) is 16.0. The van der Waals surface area contributed by atoms with Crippen LogP contribution in [0.1, 0.15) is 42.4 Å². The van der Waals surface area contributed by atoms with Crippen molar-refractivity contribution in [2.45, 2.75) is 56.2 Å². The second kappa shape index (κ2) is 7.58. The monoisotopic (exact) mass is 423 g/mol. The average Bonchev–Trinajstić information content (AvgIpc) is 2.98. The zero-order chi connectivity index (χ0) is 21.5. The average molecular weight is 423 g/mol. The van der Waals surface area contributed by atoms with E-state index in [1.54, 1.807) is 4.90 Å². The predicted molar refractivity (Wildman–Crippen MR) is 99.8 cm³/mol. The normalized spacial score (nSPS) is 26.0. The van der Waals surface area contributed by atoms with Crippen LogP contribution in [-0.2, 0) is 23.1 Å². The van der Waals surface area contributed by atoms with Crippen LogP contribution < -0.4 is 0 Å². The van der Waals surface area contributed by atoms with Crippen molar-refractivity contribution >= 4 is 6.09 Å². The van der Waals surface area contributed by atoms with Gasteiger partial charge in [-0.05, 0) is 36.1 Å².